The van der Waals surface area contributed by atoms with Gasteiger partial charge in [0.25, 0.3) is 0 Å². The maximum Gasteiger partial charge on any atom is 0.214 e. The Morgan fingerprint density at radius 1 is 1.50 bits per heavy atom. The highest BCUT2D eigenvalue weighted by molar-refractivity contribution is 4.63. The minimum absolute atomic E-state index is 0.0577. The Kier molecular flexibility index (Phi) is 4.70. The standard InChI is InChI=1S/C8H20N2O2/c1-6(5-9)10-7(11)12-8(2,3)4/h6-7,10-11H,5,9H2,1-4H3. The van der Waals surface area contributed by atoms with Gasteiger partial charge < -0.3 is 15.6 Å². The molecule has 0 radical (unpaired) electrons. The molecule has 0 amide bonds. The summed E-state index contributed by atoms with van der Waals surface area (Å²) in [6.45, 7) is 8.00. The summed E-state index contributed by atoms with van der Waals surface area (Å²) in [7, 11) is 0. The summed E-state index contributed by atoms with van der Waals surface area (Å²) in [4.78, 5) is 0. The van der Waals surface area contributed by atoms with Gasteiger partial charge in [-0.3, -0.25) is 5.32 Å². The summed E-state index contributed by atoms with van der Waals surface area (Å²) in [5, 5.41) is 12.1. The topological polar surface area (TPSA) is 67.5 Å². The molecule has 0 bridgehead atoms. The minimum atomic E-state index is -0.941. The van der Waals surface area contributed by atoms with Gasteiger partial charge in [0, 0.05) is 12.6 Å². The zero-order valence-electron chi connectivity index (χ0n) is 8.29. The van der Waals surface area contributed by atoms with Crippen LogP contribution in [-0.2, 0) is 4.74 Å². The van der Waals surface area contributed by atoms with Crippen LogP contribution in [0.4, 0.5) is 0 Å². The van der Waals surface area contributed by atoms with Gasteiger partial charge in [0.2, 0.25) is 6.41 Å². The summed E-state index contributed by atoms with van der Waals surface area (Å²) in [5.41, 5.74) is 5.01. The molecule has 0 fully saturated rings. The van der Waals surface area contributed by atoms with E-state index in [0.29, 0.717) is 6.54 Å². The maximum atomic E-state index is 9.30. The number of aliphatic hydroxyl groups is 1. The van der Waals surface area contributed by atoms with Crippen molar-refractivity contribution in [2.75, 3.05) is 6.54 Å². The van der Waals surface area contributed by atoms with E-state index in [0.717, 1.165) is 0 Å². The van der Waals surface area contributed by atoms with Gasteiger partial charge in [-0.1, -0.05) is 0 Å². The van der Waals surface area contributed by atoms with E-state index in [1.165, 1.54) is 0 Å². The average Bonchev–Trinajstić information content (AvgIpc) is 1.82. The predicted octanol–water partition coefficient (Wildman–Crippen LogP) is 0.0142. The van der Waals surface area contributed by atoms with Crippen LogP contribution < -0.4 is 11.1 Å². The molecule has 4 heteroatoms. The van der Waals surface area contributed by atoms with Crippen molar-refractivity contribution in [1.82, 2.24) is 5.32 Å². The molecule has 4 N–H and O–H groups in total. The van der Waals surface area contributed by atoms with E-state index in [9.17, 15) is 5.11 Å². The molecule has 4 nitrogen and oxygen atoms in total. The lowest BCUT2D eigenvalue weighted by atomic mass is 10.2. The van der Waals surface area contributed by atoms with Crippen molar-refractivity contribution < 1.29 is 9.84 Å². The molecular formula is C8H20N2O2. The van der Waals surface area contributed by atoms with E-state index in [2.05, 4.69) is 5.32 Å². The Hall–Kier alpha value is -0.160. The summed E-state index contributed by atoms with van der Waals surface area (Å²) in [6, 6.07) is 0.0577. The van der Waals surface area contributed by atoms with Crippen LogP contribution in [-0.4, -0.2) is 29.7 Å². The lowest BCUT2D eigenvalue weighted by Gasteiger charge is -2.26. The van der Waals surface area contributed by atoms with Crippen molar-refractivity contribution >= 4 is 0 Å². The molecule has 0 saturated heterocycles. The SMILES string of the molecule is CC(CN)NC(O)OC(C)(C)C. The van der Waals surface area contributed by atoms with Crippen LogP contribution in [0, 0.1) is 0 Å². The first-order valence-electron chi connectivity index (χ1n) is 4.17. The van der Waals surface area contributed by atoms with Crippen LogP contribution in [0.1, 0.15) is 27.7 Å². The van der Waals surface area contributed by atoms with Gasteiger partial charge in [0.1, 0.15) is 0 Å². The second kappa shape index (κ2) is 4.77. The third-order valence-electron chi connectivity index (χ3n) is 1.25. The largest absolute Gasteiger partial charge is 0.356 e. The van der Waals surface area contributed by atoms with Crippen molar-refractivity contribution in [2.24, 2.45) is 5.73 Å². The van der Waals surface area contributed by atoms with E-state index in [1.54, 1.807) is 0 Å². The molecule has 0 saturated carbocycles. The number of nitrogens with one attached hydrogen (secondary N) is 1. The lowest BCUT2D eigenvalue weighted by molar-refractivity contribution is -0.184. The number of hydrogen-bond acceptors (Lipinski definition) is 4. The summed E-state index contributed by atoms with van der Waals surface area (Å²) in [6.07, 6.45) is -0.941. The third-order valence-corrected chi connectivity index (χ3v) is 1.25. The summed E-state index contributed by atoms with van der Waals surface area (Å²) >= 11 is 0. The maximum absolute atomic E-state index is 9.30. The van der Waals surface area contributed by atoms with E-state index < -0.39 is 6.41 Å². The Balaban J connectivity index is 3.66. The Bertz CT molecular complexity index is 123. The van der Waals surface area contributed by atoms with Gasteiger partial charge in [0.05, 0.1) is 5.60 Å². The molecule has 0 aromatic rings. The molecule has 2 atom stereocenters. The highest BCUT2D eigenvalue weighted by atomic mass is 16.6. The van der Waals surface area contributed by atoms with Crippen LogP contribution in [0.25, 0.3) is 0 Å². The Morgan fingerprint density at radius 3 is 2.33 bits per heavy atom. The quantitative estimate of drug-likeness (QED) is 0.528. The second-order valence-corrected chi connectivity index (χ2v) is 3.89. The van der Waals surface area contributed by atoms with Gasteiger partial charge in [0.15, 0.2) is 0 Å². The first-order chi connectivity index (χ1) is 5.35. The molecule has 12 heavy (non-hydrogen) atoms. The average molecular weight is 176 g/mol. The number of nitrogens with two attached hydrogens (primary N) is 1. The molecule has 0 spiro atoms. The first kappa shape index (κ1) is 11.8. The van der Waals surface area contributed by atoms with Crippen molar-refractivity contribution in [3.05, 3.63) is 0 Å². The smallest absolute Gasteiger partial charge is 0.214 e. The van der Waals surface area contributed by atoms with E-state index >= 15 is 0 Å². The fourth-order valence-electron chi connectivity index (χ4n) is 0.680. The molecular weight excluding hydrogens is 156 g/mol. The van der Waals surface area contributed by atoms with Crippen molar-refractivity contribution in [3.8, 4) is 0 Å². The fraction of sp³-hybridized carbons (Fsp3) is 1.00. The molecule has 74 valence electrons. The molecule has 0 aliphatic rings. The van der Waals surface area contributed by atoms with Crippen LogP contribution in [0.15, 0.2) is 0 Å². The summed E-state index contributed by atoms with van der Waals surface area (Å²) < 4.78 is 5.20. The van der Waals surface area contributed by atoms with E-state index in [1.807, 2.05) is 27.7 Å². The molecule has 0 aromatic heterocycles. The first-order valence-corrected chi connectivity index (χ1v) is 4.17. The monoisotopic (exact) mass is 176 g/mol. The highest BCUT2D eigenvalue weighted by Gasteiger charge is 2.17. The molecule has 0 heterocycles. The minimum Gasteiger partial charge on any atom is -0.356 e. The number of aliphatic hydroxyl groups excluding tert-OH is 1. The molecule has 0 aliphatic heterocycles. The lowest BCUT2D eigenvalue weighted by Crippen LogP contribution is -2.45. The number of rotatable bonds is 4. The van der Waals surface area contributed by atoms with Crippen LogP contribution >= 0.6 is 0 Å². The molecule has 0 rings (SSSR count). The Morgan fingerprint density at radius 2 is 2.00 bits per heavy atom. The highest BCUT2D eigenvalue weighted by Crippen LogP contribution is 2.07. The number of hydrogen-bond donors (Lipinski definition) is 3. The van der Waals surface area contributed by atoms with Crippen molar-refractivity contribution in [2.45, 2.75) is 45.8 Å². The third kappa shape index (κ3) is 6.54. The zero-order chi connectivity index (χ0) is 9.78. The fourth-order valence-corrected chi connectivity index (χ4v) is 0.680. The van der Waals surface area contributed by atoms with Crippen molar-refractivity contribution in [3.63, 3.8) is 0 Å². The molecule has 0 aromatic carbocycles. The van der Waals surface area contributed by atoms with E-state index in [-0.39, 0.29) is 11.6 Å². The zero-order valence-corrected chi connectivity index (χ0v) is 8.29. The van der Waals surface area contributed by atoms with Crippen molar-refractivity contribution in [1.29, 1.82) is 0 Å². The normalized spacial score (nSPS) is 17.5. The molecule has 0 aliphatic carbocycles. The Labute approximate surface area is 74.1 Å². The predicted molar refractivity (Wildman–Crippen MR) is 48.5 cm³/mol. The van der Waals surface area contributed by atoms with Gasteiger partial charge >= 0.3 is 0 Å². The van der Waals surface area contributed by atoms with E-state index in [4.69, 9.17) is 10.5 Å². The summed E-state index contributed by atoms with van der Waals surface area (Å²) in [5.74, 6) is 0. The number of ether oxygens (including phenoxy) is 1. The van der Waals surface area contributed by atoms with Gasteiger partial charge in [-0.15, -0.1) is 0 Å². The second-order valence-electron chi connectivity index (χ2n) is 3.89. The van der Waals surface area contributed by atoms with Gasteiger partial charge in [-0.05, 0) is 27.7 Å². The van der Waals surface area contributed by atoms with Gasteiger partial charge in [-0.2, -0.15) is 0 Å². The van der Waals surface area contributed by atoms with Gasteiger partial charge in [-0.25, -0.2) is 0 Å². The molecule has 2 unspecified atom stereocenters. The van der Waals surface area contributed by atoms with Crippen LogP contribution in [0.2, 0.25) is 0 Å². The van der Waals surface area contributed by atoms with Crippen LogP contribution in [0.5, 0.6) is 0 Å². The van der Waals surface area contributed by atoms with Crippen LogP contribution in [0.3, 0.4) is 0 Å².